The molecule has 2 heterocycles. The molecule has 0 unspecified atom stereocenters. The summed E-state index contributed by atoms with van der Waals surface area (Å²) in [4.78, 5) is 13.0. The summed E-state index contributed by atoms with van der Waals surface area (Å²) in [6.45, 7) is 1.89. The Hall–Kier alpha value is -1.75. The molecular weight excluding hydrogens is 252 g/mol. The molecule has 0 spiro atoms. The maximum Gasteiger partial charge on any atom is 0.143 e. The predicted molar refractivity (Wildman–Crippen MR) is 76.3 cm³/mol. The number of ether oxygens (including phenoxy) is 1. The van der Waals surface area contributed by atoms with E-state index in [1.165, 1.54) is 0 Å². The normalized spacial score (nSPS) is 22.9. The summed E-state index contributed by atoms with van der Waals surface area (Å²) in [7, 11) is 1.80. The van der Waals surface area contributed by atoms with Crippen LogP contribution in [-0.4, -0.2) is 32.7 Å². The first kappa shape index (κ1) is 13.2. The van der Waals surface area contributed by atoms with E-state index in [9.17, 15) is 0 Å². The van der Waals surface area contributed by atoms with Crippen molar-refractivity contribution in [3.63, 3.8) is 0 Å². The highest BCUT2D eigenvalue weighted by Gasteiger charge is 2.23. The van der Waals surface area contributed by atoms with E-state index in [-0.39, 0.29) is 0 Å². The Labute approximate surface area is 119 Å². The molecule has 0 amide bonds. The summed E-state index contributed by atoms with van der Waals surface area (Å²) in [5.74, 6) is 1.75. The molecule has 0 radical (unpaired) electrons. The summed E-state index contributed by atoms with van der Waals surface area (Å²) in [6, 6.07) is 0.500. The van der Waals surface area contributed by atoms with E-state index in [4.69, 9.17) is 4.74 Å². The van der Waals surface area contributed by atoms with Gasteiger partial charge in [0.25, 0.3) is 0 Å². The molecule has 2 aromatic rings. The van der Waals surface area contributed by atoms with Crippen LogP contribution in [0.2, 0.25) is 0 Å². The number of methoxy groups -OCH3 is 1. The Balaban J connectivity index is 1.82. The second kappa shape index (κ2) is 5.71. The van der Waals surface area contributed by atoms with E-state index in [2.05, 4.69) is 25.7 Å². The fraction of sp³-hybridized carbons (Fsp3) is 0.533. The minimum absolute atomic E-state index is 0.418. The van der Waals surface area contributed by atoms with Gasteiger partial charge in [-0.1, -0.05) is 0 Å². The Bertz CT molecular complexity index is 556. The van der Waals surface area contributed by atoms with Crippen molar-refractivity contribution in [3.8, 4) is 11.4 Å². The quantitative estimate of drug-likeness (QED) is 0.862. The zero-order chi connectivity index (χ0) is 13.9. The summed E-state index contributed by atoms with van der Waals surface area (Å²) in [5, 5.41) is 0. The molecule has 2 aromatic heterocycles. The molecular formula is C15H20N4O. The van der Waals surface area contributed by atoms with Crippen LogP contribution in [0.3, 0.4) is 0 Å². The lowest BCUT2D eigenvalue weighted by molar-refractivity contribution is 0.0586. The molecule has 0 N–H and O–H groups in total. The molecule has 5 heteroatoms. The smallest absolute Gasteiger partial charge is 0.143 e. The Morgan fingerprint density at radius 2 is 1.80 bits per heavy atom. The van der Waals surface area contributed by atoms with Gasteiger partial charge in [0.2, 0.25) is 0 Å². The molecule has 0 aromatic carbocycles. The average Bonchev–Trinajstić information content (AvgIpc) is 2.97. The summed E-state index contributed by atoms with van der Waals surface area (Å²) in [6.07, 6.45) is 12.5. The van der Waals surface area contributed by atoms with Gasteiger partial charge in [-0.3, -0.25) is 0 Å². The Kier molecular flexibility index (Phi) is 3.78. The van der Waals surface area contributed by atoms with Crippen LogP contribution in [0.25, 0.3) is 11.4 Å². The molecule has 1 aliphatic carbocycles. The molecule has 1 aliphatic rings. The lowest BCUT2D eigenvalue weighted by Crippen LogP contribution is -2.22. The third-order valence-electron chi connectivity index (χ3n) is 4.08. The number of imidazole rings is 1. The average molecular weight is 272 g/mol. The Morgan fingerprint density at radius 1 is 1.10 bits per heavy atom. The first-order chi connectivity index (χ1) is 9.78. The first-order valence-corrected chi connectivity index (χ1v) is 7.12. The van der Waals surface area contributed by atoms with Crippen LogP contribution >= 0.6 is 0 Å². The maximum absolute atomic E-state index is 5.44. The van der Waals surface area contributed by atoms with Gasteiger partial charge in [0.05, 0.1) is 11.7 Å². The second-order valence-electron chi connectivity index (χ2n) is 5.34. The van der Waals surface area contributed by atoms with E-state index in [0.29, 0.717) is 12.1 Å². The third-order valence-corrected chi connectivity index (χ3v) is 4.08. The van der Waals surface area contributed by atoms with Gasteiger partial charge >= 0.3 is 0 Å². The highest BCUT2D eigenvalue weighted by Crippen LogP contribution is 2.32. The second-order valence-corrected chi connectivity index (χ2v) is 5.34. The largest absolute Gasteiger partial charge is 0.381 e. The highest BCUT2D eigenvalue weighted by molar-refractivity contribution is 5.52. The van der Waals surface area contributed by atoms with Gasteiger partial charge in [0.1, 0.15) is 11.6 Å². The topological polar surface area (TPSA) is 52.8 Å². The number of aromatic nitrogens is 4. The SMILES string of the molecule is COC1CCC(n2ccnc2-c2cnc(C)nc2)CC1. The van der Waals surface area contributed by atoms with Crippen LogP contribution in [0, 0.1) is 6.92 Å². The maximum atomic E-state index is 5.44. The molecule has 106 valence electrons. The van der Waals surface area contributed by atoms with Crippen LogP contribution in [0.1, 0.15) is 37.5 Å². The molecule has 5 nitrogen and oxygen atoms in total. The first-order valence-electron chi connectivity index (χ1n) is 7.12. The zero-order valence-electron chi connectivity index (χ0n) is 12.0. The van der Waals surface area contributed by atoms with Crippen molar-refractivity contribution in [3.05, 3.63) is 30.6 Å². The number of hydrogen-bond acceptors (Lipinski definition) is 4. The van der Waals surface area contributed by atoms with Crippen LogP contribution in [-0.2, 0) is 4.74 Å². The predicted octanol–water partition coefficient (Wildman–Crippen LogP) is 2.78. The fourth-order valence-electron chi connectivity index (χ4n) is 2.90. The number of rotatable bonds is 3. The number of aryl methyl sites for hydroxylation is 1. The van der Waals surface area contributed by atoms with Crippen LogP contribution < -0.4 is 0 Å². The molecule has 0 bridgehead atoms. The van der Waals surface area contributed by atoms with Crippen LogP contribution in [0.4, 0.5) is 0 Å². The molecule has 0 aliphatic heterocycles. The third kappa shape index (κ3) is 2.58. The van der Waals surface area contributed by atoms with Crippen molar-refractivity contribution >= 4 is 0 Å². The highest BCUT2D eigenvalue weighted by atomic mass is 16.5. The van der Waals surface area contributed by atoms with Gasteiger partial charge in [-0.05, 0) is 32.6 Å². The van der Waals surface area contributed by atoms with Gasteiger partial charge in [0.15, 0.2) is 0 Å². The Morgan fingerprint density at radius 3 is 2.45 bits per heavy atom. The molecule has 20 heavy (non-hydrogen) atoms. The van der Waals surface area contributed by atoms with E-state index in [1.54, 1.807) is 7.11 Å². The zero-order valence-corrected chi connectivity index (χ0v) is 12.0. The molecule has 0 atom stereocenters. The van der Waals surface area contributed by atoms with E-state index >= 15 is 0 Å². The summed E-state index contributed by atoms with van der Waals surface area (Å²) >= 11 is 0. The molecule has 1 fully saturated rings. The van der Waals surface area contributed by atoms with Crippen LogP contribution in [0.15, 0.2) is 24.8 Å². The van der Waals surface area contributed by atoms with Crippen molar-refractivity contribution in [2.45, 2.75) is 44.8 Å². The lowest BCUT2D eigenvalue weighted by Gasteiger charge is -2.29. The van der Waals surface area contributed by atoms with Gasteiger partial charge in [-0.2, -0.15) is 0 Å². The number of nitrogens with zero attached hydrogens (tertiary/aromatic N) is 4. The van der Waals surface area contributed by atoms with Gasteiger partial charge in [-0.15, -0.1) is 0 Å². The van der Waals surface area contributed by atoms with E-state index in [1.807, 2.05) is 25.5 Å². The minimum Gasteiger partial charge on any atom is -0.381 e. The summed E-state index contributed by atoms with van der Waals surface area (Å²) < 4.78 is 7.70. The van der Waals surface area contributed by atoms with Crippen molar-refractivity contribution in [1.82, 2.24) is 19.5 Å². The van der Waals surface area contributed by atoms with E-state index < -0.39 is 0 Å². The van der Waals surface area contributed by atoms with E-state index in [0.717, 1.165) is 42.9 Å². The molecule has 1 saturated carbocycles. The standard InChI is InChI=1S/C15H20N4O/c1-11-17-9-12(10-18-11)15-16-7-8-19(15)13-3-5-14(20-2)6-4-13/h7-10,13-14H,3-6H2,1-2H3. The van der Waals surface area contributed by atoms with Crippen molar-refractivity contribution < 1.29 is 4.74 Å². The minimum atomic E-state index is 0.418. The fourth-order valence-corrected chi connectivity index (χ4v) is 2.90. The molecule has 3 rings (SSSR count). The van der Waals surface area contributed by atoms with Gasteiger partial charge < -0.3 is 9.30 Å². The van der Waals surface area contributed by atoms with Crippen molar-refractivity contribution in [2.24, 2.45) is 0 Å². The van der Waals surface area contributed by atoms with Gasteiger partial charge in [0, 0.05) is 37.9 Å². The van der Waals surface area contributed by atoms with Crippen molar-refractivity contribution in [2.75, 3.05) is 7.11 Å². The number of hydrogen-bond donors (Lipinski definition) is 0. The van der Waals surface area contributed by atoms with Gasteiger partial charge in [-0.25, -0.2) is 15.0 Å². The monoisotopic (exact) mass is 272 g/mol. The lowest BCUT2D eigenvalue weighted by atomic mass is 9.92. The molecule has 0 saturated heterocycles. The van der Waals surface area contributed by atoms with Crippen LogP contribution in [0.5, 0.6) is 0 Å². The summed E-state index contributed by atoms with van der Waals surface area (Å²) in [5.41, 5.74) is 0.981. The van der Waals surface area contributed by atoms with Crippen molar-refractivity contribution in [1.29, 1.82) is 0 Å².